The van der Waals surface area contributed by atoms with Crippen molar-refractivity contribution in [1.82, 2.24) is 9.88 Å². The van der Waals surface area contributed by atoms with E-state index in [1.165, 1.54) is 23.5 Å². The average molecular weight is 321 g/mol. The molecule has 1 aliphatic rings. The van der Waals surface area contributed by atoms with E-state index < -0.39 is 0 Å². The van der Waals surface area contributed by atoms with Gasteiger partial charge in [0.25, 0.3) is 0 Å². The van der Waals surface area contributed by atoms with Gasteiger partial charge < -0.3 is 10.1 Å². The van der Waals surface area contributed by atoms with Gasteiger partial charge in [-0.2, -0.15) is 0 Å². The number of hydrogen-bond donors (Lipinski definition) is 1. The van der Waals surface area contributed by atoms with Gasteiger partial charge in [-0.1, -0.05) is 12.1 Å². The number of benzene rings is 1. The first kappa shape index (κ1) is 15.1. The third kappa shape index (κ3) is 3.88. The molecular formula is C15H16FN3O2S. The van der Waals surface area contributed by atoms with Crippen LogP contribution < -0.4 is 5.32 Å². The van der Waals surface area contributed by atoms with Crippen LogP contribution in [0.1, 0.15) is 11.7 Å². The number of nitrogens with one attached hydrogen (secondary N) is 1. The summed E-state index contributed by atoms with van der Waals surface area (Å²) in [5, 5.41) is 5.17. The molecule has 0 radical (unpaired) electrons. The van der Waals surface area contributed by atoms with Crippen molar-refractivity contribution in [3.63, 3.8) is 0 Å². The first-order chi connectivity index (χ1) is 10.7. The second-order valence-electron chi connectivity index (χ2n) is 5.03. The van der Waals surface area contributed by atoms with Crippen LogP contribution in [0.4, 0.5) is 9.52 Å². The van der Waals surface area contributed by atoms with Crippen LogP contribution in [0.15, 0.2) is 35.8 Å². The molecule has 1 unspecified atom stereocenters. The lowest BCUT2D eigenvalue weighted by atomic mass is 10.1. The number of amides is 1. The van der Waals surface area contributed by atoms with Crippen molar-refractivity contribution in [3.8, 4) is 0 Å². The van der Waals surface area contributed by atoms with Gasteiger partial charge in [0.05, 0.1) is 19.3 Å². The molecular weight excluding hydrogens is 305 g/mol. The van der Waals surface area contributed by atoms with Crippen molar-refractivity contribution in [1.29, 1.82) is 0 Å². The predicted octanol–water partition coefficient (Wildman–Crippen LogP) is 2.29. The molecule has 1 amide bonds. The third-order valence-corrected chi connectivity index (χ3v) is 4.11. The number of rotatable bonds is 4. The van der Waals surface area contributed by atoms with Crippen molar-refractivity contribution in [2.24, 2.45) is 0 Å². The maximum Gasteiger partial charge on any atom is 0.240 e. The molecule has 3 rings (SSSR count). The lowest BCUT2D eigenvalue weighted by Crippen LogP contribution is -2.42. The number of ether oxygens (including phenoxy) is 1. The smallest absolute Gasteiger partial charge is 0.240 e. The number of nitrogens with zero attached hydrogens (tertiary/aromatic N) is 2. The van der Waals surface area contributed by atoms with Crippen LogP contribution in [0.2, 0.25) is 0 Å². The highest BCUT2D eigenvalue weighted by Gasteiger charge is 2.23. The number of aromatic nitrogens is 1. The molecule has 2 heterocycles. The molecule has 5 nitrogen and oxygen atoms in total. The van der Waals surface area contributed by atoms with Gasteiger partial charge in [0.1, 0.15) is 5.82 Å². The fraction of sp³-hybridized carbons (Fsp3) is 0.333. The van der Waals surface area contributed by atoms with Crippen LogP contribution in [0, 0.1) is 5.82 Å². The van der Waals surface area contributed by atoms with E-state index in [1.807, 2.05) is 16.3 Å². The normalized spacial score (nSPS) is 19.0. The molecule has 1 atom stereocenters. The van der Waals surface area contributed by atoms with Gasteiger partial charge in [-0.15, -0.1) is 11.3 Å². The summed E-state index contributed by atoms with van der Waals surface area (Å²) in [6.45, 7) is 2.03. The maximum absolute atomic E-state index is 13.3. The fourth-order valence-electron chi connectivity index (χ4n) is 2.40. The lowest BCUT2D eigenvalue weighted by molar-refractivity contribution is -0.119. The molecule has 0 spiro atoms. The maximum atomic E-state index is 13.3. The Morgan fingerprint density at radius 3 is 3.23 bits per heavy atom. The topological polar surface area (TPSA) is 54.5 Å². The Kier molecular flexibility index (Phi) is 4.77. The highest BCUT2D eigenvalue weighted by atomic mass is 32.1. The minimum absolute atomic E-state index is 0.102. The van der Waals surface area contributed by atoms with Crippen LogP contribution in [-0.2, 0) is 9.53 Å². The largest absolute Gasteiger partial charge is 0.371 e. The summed E-state index contributed by atoms with van der Waals surface area (Å²) < 4.78 is 19.0. The molecule has 0 saturated carbocycles. The van der Waals surface area contributed by atoms with Crippen LogP contribution in [0.25, 0.3) is 0 Å². The van der Waals surface area contributed by atoms with Crippen molar-refractivity contribution in [3.05, 3.63) is 47.2 Å². The van der Waals surface area contributed by atoms with Crippen LogP contribution in [0.5, 0.6) is 0 Å². The molecule has 1 saturated heterocycles. The molecule has 1 aliphatic heterocycles. The Labute approximate surface area is 131 Å². The van der Waals surface area contributed by atoms with Crippen LogP contribution >= 0.6 is 11.3 Å². The first-order valence-corrected chi connectivity index (χ1v) is 7.87. The average Bonchev–Trinajstić information content (AvgIpc) is 3.00. The standard InChI is InChI=1S/C15H16FN3O2S/c16-12-3-1-2-11(8-12)13-9-19(5-6-21-13)10-14(20)18-15-17-4-7-22-15/h1-4,7-8,13H,5-6,9-10H2,(H,17,18,20). The van der Waals surface area contributed by atoms with E-state index in [0.717, 1.165) is 5.56 Å². The molecule has 0 aliphatic carbocycles. The van der Waals surface area contributed by atoms with Gasteiger partial charge in [-0.05, 0) is 17.7 Å². The summed E-state index contributed by atoms with van der Waals surface area (Å²) in [6.07, 6.45) is 1.44. The summed E-state index contributed by atoms with van der Waals surface area (Å²) in [4.78, 5) is 18.0. The molecule has 7 heteroatoms. The molecule has 2 aromatic rings. The summed E-state index contributed by atoms with van der Waals surface area (Å²) in [6, 6.07) is 6.39. The zero-order valence-corrected chi connectivity index (χ0v) is 12.7. The SMILES string of the molecule is O=C(CN1CCOC(c2cccc(F)c2)C1)Nc1nccs1. The van der Waals surface area contributed by atoms with Crippen molar-refractivity contribution >= 4 is 22.4 Å². The number of carbonyl (C=O) groups excluding carboxylic acids is 1. The van der Waals surface area contributed by atoms with Crippen LogP contribution in [0.3, 0.4) is 0 Å². The molecule has 1 fully saturated rings. The first-order valence-electron chi connectivity index (χ1n) is 6.99. The number of halogens is 1. The van der Waals surface area contributed by atoms with E-state index in [9.17, 15) is 9.18 Å². The minimum atomic E-state index is -0.278. The number of hydrogen-bond acceptors (Lipinski definition) is 5. The van der Waals surface area contributed by atoms with Gasteiger partial charge in [0.15, 0.2) is 5.13 Å². The van der Waals surface area contributed by atoms with Crippen molar-refractivity contribution in [2.45, 2.75) is 6.10 Å². The highest BCUT2D eigenvalue weighted by Crippen LogP contribution is 2.22. The molecule has 1 aromatic heterocycles. The summed E-state index contributed by atoms with van der Waals surface area (Å²) in [5.41, 5.74) is 0.796. The van der Waals surface area contributed by atoms with E-state index in [1.54, 1.807) is 12.3 Å². The van der Waals surface area contributed by atoms with E-state index in [4.69, 9.17) is 4.74 Å². The van der Waals surface area contributed by atoms with Crippen molar-refractivity contribution in [2.75, 3.05) is 31.6 Å². The van der Waals surface area contributed by atoms with Gasteiger partial charge in [-0.25, -0.2) is 9.37 Å². The minimum Gasteiger partial charge on any atom is -0.371 e. The van der Waals surface area contributed by atoms with Gasteiger partial charge in [0.2, 0.25) is 5.91 Å². The molecule has 116 valence electrons. The second-order valence-corrected chi connectivity index (χ2v) is 5.93. The van der Waals surface area contributed by atoms with Crippen molar-refractivity contribution < 1.29 is 13.9 Å². The Bertz CT molecular complexity index is 635. The lowest BCUT2D eigenvalue weighted by Gasteiger charge is -2.32. The number of morpholine rings is 1. The van der Waals surface area contributed by atoms with Gasteiger partial charge in [-0.3, -0.25) is 9.69 Å². The Morgan fingerprint density at radius 1 is 1.55 bits per heavy atom. The Morgan fingerprint density at radius 2 is 2.45 bits per heavy atom. The Hall–Kier alpha value is -1.83. The summed E-state index contributed by atoms with van der Waals surface area (Å²) in [5.74, 6) is -0.380. The third-order valence-electron chi connectivity index (χ3n) is 3.42. The summed E-state index contributed by atoms with van der Waals surface area (Å²) in [7, 11) is 0. The number of thiazole rings is 1. The highest BCUT2D eigenvalue weighted by molar-refractivity contribution is 7.13. The van der Waals surface area contributed by atoms with E-state index in [-0.39, 0.29) is 24.4 Å². The monoisotopic (exact) mass is 321 g/mol. The van der Waals surface area contributed by atoms with E-state index in [0.29, 0.717) is 24.8 Å². The number of anilines is 1. The zero-order valence-electron chi connectivity index (χ0n) is 11.9. The summed E-state index contributed by atoms with van der Waals surface area (Å²) >= 11 is 1.38. The van der Waals surface area contributed by atoms with E-state index in [2.05, 4.69) is 10.3 Å². The van der Waals surface area contributed by atoms with Crippen LogP contribution in [-0.4, -0.2) is 42.0 Å². The number of carbonyl (C=O) groups is 1. The zero-order chi connectivity index (χ0) is 15.4. The molecule has 22 heavy (non-hydrogen) atoms. The second kappa shape index (κ2) is 6.95. The predicted molar refractivity (Wildman–Crippen MR) is 82.3 cm³/mol. The van der Waals surface area contributed by atoms with Gasteiger partial charge >= 0.3 is 0 Å². The quantitative estimate of drug-likeness (QED) is 0.939. The Balaban J connectivity index is 1.57. The van der Waals surface area contributed by atoms with Gasteiger partial charge in [0, 0.05) is 24.7 Å². The molecule has 1 N–H and O–H groups in total. The molecule has 1 aromatic carbocycles. The fourth-order valence-corrected chi connectivity index (χ4v) is 2.95. The van der Waals surface area contributed by atoms with E-state index >= 15 is 0 Å². The molecule has 0 bridgehead atoms.